The largest absolute Gasteiger partial charge is 0.422 e. The molecule has 0 bridgehead atoms. The maximum Gasteiger partial charge on any atom is 0.347 e. The lowest BCUT2D eigenvalue weighted by molar-refractivity contribution is -0.130. The number of ketones is 1. The molecule has 5 heteroatoms. The zero-order valence-electron chi connectivity index (χ0n) is 12.3. The Balaban J connectivity index is 1.85. The molecular weight excluding hydrogens is 326 g/mol. The molecule has 3 aromatic rings. The summed E-state index contributed by atoms with van der Waals surface area (Å²) in [6.07, 6.45) is 1.43. The fraction of sp³-hybridized carbons (Fsp3) is 0. The minimum absolute atomic E-state index is 0.0623. The van der Waals surface area contributed by atoms with E-state index in [1.807, 2.05) is 24.3 Å². The molecule has 1 aliphatic rings. The molecule has 0 unspecified atom stereocenters. The molecule has 0 aliphatic carbocycles. The number of esters is 1. The average molecular weight is 336 g/mol. The van der Waals surface area contributed by atoms with Crippen LogP contribution in [0.4, 0.5) is 0 Å². The van der Waals surface area contributed by atoms with Gasteiger partial charge in [-0.05, 0) is 30.3 Å². The smallest absolute Gasteiger partial charge is 0.347 e. The number of ether oxygens (including phenoxy) is 1. The lowest BCUT2D eigenvalue weighted by Crippen LogP contribution is -2.24. The van der Waals surface area contributed by atoms with Crippen molar-refractivity contribution in [3.8, 4) is 5.75 Å². The van der Waals surface area contributed by atoms with E-state index in [1.54, 1.807) is 30.3 Å². The third-order valence-electron chi connectivity index (χ3n) is 3.80. The maximum absolute atomic E-state index is 12.6. The van der Waals surface area contributed by atoms with Crippen molar-refractivity contribution in [2.45, 2.75) is 0 Å². The first kappa shape index (κ1) is 14.6. The van der Waals surface area contributed by atoms with Gasteiger partial charge in [-0.15, -0.1) is 0 Å². The third-order valence-corrected chi connectivity index (χ3v) is 4.11. The fourth-order valence-electron chi connectivity index (χ4n) is 2.63. The van der Waals surface area contributed by atoms with Gasteiger partial charge in [0, 0.05) is 10.9 Å². The molecular formula is C19H10ClNO3. The van der Waals surface area contributed by atoms with Crippen LogP contribution in [0.25, 0.3) is 17.0 Å². The molecule has 1 aromatic heterocycles. The second kappa shape index (κ2) is 5.58. The van der Waals surface area contributed by atoms with Gasteiger partial charge in [0.05, 0.1) is 11.1 Å². The molecule has 1 aliphatic heterocycles. The highest BCUT2D eigenvalue weighted by molar-refractivity contribution is 6.33. The molecule has 4 rings (SSSR count). The molecule has 24 heavy (non-hydrogen) atoms. The summed E-state index contributed by atoms with van der Waals surface area (Å²) >= 11 is 6.20. The Bertz CT molecular complexity index is 1040. The van der Waals surface area contributed by atoms with Gasteiger partial charge < -0.3 is 4.74 Å². The molecule has 116 valence electrons. The number of aromatic nitrogens is 1. The summed E-state index contributed by atoms with van der Waals surface area (Å²) in [5.74, 6) is -0.804. The summed E-state index contributed by atoms with van der Waals surface area (Å²) in [5.41, 5.74) is 1.53. The minimum Gasteiger partial charge on any atom is -0.422 e. The third kappa shape index (κ3) is 2.37. The first-order valence-corrected chi connectivity index (χ1v) is 7.64. The Hall–Kier alpha value is -2.98. The van der Waals surface area contributed by atoms with Crippen molar-refractivity contribution in [2.75, 3.05) is 0 Å². The number of para-hydroxylation sites is 2. The fourth-order valence-corrected chi connectivity index (χ4v) is 2.83. The van der Waals surface area contributed by atoms with E-state index in [9.17, 15) is 9.59 Å². The van der Waals surface area contributed by atoms with Gasteiger partial charge in [0.2, 0.25) is 5.78 Å². The van der Waals surface area contributed by atoms with Gasteiger partial charge in [-0.2, -0.15) is 0 Å². The molecule has 4 nitrogen and oxygen atoms in total. The van der Waals surface area contributed by atoms with Gasteiger partial charge in [0.15, 0.2) is 0 Å². The highest BCUT2D eigenvalue weighted by Crippen LogP contribution is 2.30. The Morgan fingerprint density at radius 2 is 1.75 bits per heavy atom. The highest BCUT2D eigenvalue weighted by Gasteiger charge is 2.30. The van der Waals surface area contributed by atoms with E-state index in [0.717, 1.165) is 10.9 Å². The molecule has 2 heterocycles. The number of halogens is 1. The first-order chi connectivity index (χ1) is 11.6. The Kier molecular flexibility index (Phi) is 3.40. The first-order valence-electron chi connectivity index (χ1n) is 7.26. The molecule has 0 spiro atoms. The molecule has 0 saturated carbocycles. The van der Waals surface area contributed by atoms with Crippen LogP contribution in [0.15, 0.2) is 60.2 Å². The second-order valence-electron chi connectivity index (χ2n) is 5.33. The van der Waals surface area contributed by atoms with Crippen molar-refractivity contribution in [1.82, 2.24) is 4.98 Å². The van der Waals surface area contributed by atoms with Crippen LogP contribution in [0, 0.1) is 0 Å². The van der Waals surface area contributed by atoms with Crippen LogP contribution in [0.2, 0.25) is 5.15 Å². The van der Waals surface area contributed by atoms with Crippen molar-refractivity contribution < 1.29 is 14.3 Å². The number of nitrogens with zero attached hydrogens (tertiary/aromatic N) is 1. The van der Waals surface area contributed by atoms with Gasteiger partial charge in [-0.3, -0.25) is 4.79 Å². The average Bonchev–Trinajstić information content (AvgIpc) is 2.59. The number of hydrogen-bond donors (Lipinski definition) is 0. The van der Waals surface area contributed by atoms with Gasteiger partial charge in [-0.25, -0.2) is 9.78 Å². The quantitative estimate of drug-likeness (QED) is 0.221. The van der Waals surface area contributed by atoms with Crippen molar-refractivity contribution >= 4 is 40.3 Å². The maximum atomic E-state index is 12.6. The number of rotatable bonds is 1. The number of hydrogen-bond acceptors (Lipinski definition) is 4. The summed E-state index contributed by atoms with van der Waals surface area (Å²) in [6, 6.07) is 15.9. The number of Topliss-reactive ketones (excluding diaryl/α,β-unsaturated/α-hetero) is 1. The van der Waals surface area contributed by atoms with E-state index in [-0.39, 0.29) is 22.3 Å². The summed E-state index contributed by atoms with van der Waals surface area (Å²) in [4.78, 5) is 29.0. The number of carbonyl (C=O) groups excluding carboxylic acids is 2. The number of carbonyl (C=O) groups is 2. The Morgan fingerprint density at radius 3 is 2.62 bits per heavy atom. The molecule has 0 amide bonds. The van der Waals surface area contributed by atoms with E-state index in [4.69, 9.17) is 16.3 Å². The molecule has 0 radical (unpaired) electrons. The summed E-state index contributed by atoms with van der Waals surface area (Å²) in [5, 5.41) is 1.09. The van der Waals surface area contributed by atoms with Crippen molar-refractivity contribution in [1.29, 1.82) is 0 Å². The summed E-state index contributed by atoms with van der Waals surface area (Å²) in [7, 11) is 0. The van der Waals surface area contributed by atoms with Gasteiger partial charge in [-0.1, -0.05) is 41.9 Å². The molecule has 0 saturated heterocycles. The lowest BCUT2D eigenvalue weighted by atomic mass is 9.98. The Morgan fingerprint density at radius 1 is 1.00 bits per heavy atom. The van der Waals surface area contributed by atoms with E-state index in [2.05, 4.69) is 4.98 Å². The van der Waals surface area contributed by atoms with Crippen LogP contribution in [0.5, 0.6) is 5.75 Å². The van der Waals surface area contributed by atoms with E-state index < -0.39 is 5.97 Å². The molecule has 0 atom stereocenters. The SMILES string of the molecule is O=C1Oc2ccccc2C(=O)/C1=C/c1cc2ccccc2nc1Cl. The summed E-state index contributed by atoms with van der Waals surface area (Å²) < 4.78 is 5.22. The highest BCUT2D eigenvalue weighted by atomic mass is 35.5. The Labute approximate surface area is 142 Å². The van der Waals surface area contributed by atoms with Gasteiger partial charge >= 0.3 is 5.97 Å². The van der Waals surface area contributed by atoms with Crippen LogP contribution in [-0.4, -0.2) is 16.7 Å². The molecule has 0 fully saturated rings. The number of fused-ring (bicyclic) bond motifs is 2. The van der Waals surface area contributed by atoms with Gasteiger partial charge in [0.25, 0.3) is 0 Å². The monoisotopic (exact) mass is 335 g/mol. The molecule has 0 N–H and O–H groups in total. The molecule has 2 aromatic carbocycles. The van der Waals surface area contributed by atoms with E-state index in [0.29, 0.717) is 11.1 Å². The predicted molar refractivity (Wildman–Crippen MR) is 91.1 cm³/mol. The zero-order valence-corrected chi connectivity index (χ0v) is 13.1. The van der Waals surface area contributed by atoms with Crippen molar-refractivity contribution in [2.24, 2.45) is 0 Å². The summed E-state index contributed by atoms with van der Waals surface area (Å²) in [6.45, 7) is 0. The van der Waals surface area contributed by atoms with Crippen LogP contribution < -0.4 is 4.74 Å². The van der Waals surface area contributed by atoms with Crippen molar-refractivity contribution in [3.05, 3.63) is 76.5 Å². The lowest BCUT2D eigenvalue weighted by Gasteiger charge is -2.16. The number of benzene rings is 2. The number of pyridine rings is 1. The standard InChI is InChI=1S/C19H10ClNO3/c20-18-12(9-11-5-1-3-7-15(11)21-18)10-14-17(22)13-6-2-4-8-16(13)24-19(14)23/h1-10H/b14-10-. The van der Waals surface area contributed by atoms with Crippen LogP contribution in [0.3, 0.4) is 0 Å². The van der Waals surface area contributed by atoms with Crippen LogP contribution in [0.1, 0.15) is 15.9 Å². The predicted octanol–water partition coefficient (Wildman–Crippen LogP) is 4.07. The minimum atomic E-state index is -0.692. The van der Waals surface area contributed by atoms with Crippen LogP contribution >= 0.6 is 11.6 Å². The zero-order chi connectivity index (χ0) is 16.7. The second-order valence-corrected chi connectivity index (χ2v) is 5.69. The normalized spacial score (nSPS) is 15.5. The van der Waals surface area contributed by atoms with E-state index >= 15 is 0 Å². The van der Waals surface area contributed by atoms with E-state index in [1.165, 1.54) is 6.08 Å². The van der Waals surface area contributed by atoms with Crippen molar-refractivity contribution in [3.63, 3.8) is 0 Å². The van der Waals surface area contributed by atoms with Crippen LogP contribution in [-0.2, 0) is 4.79 Å². The topological polar surface area (TPSA) is 56.3 Å². The van der Waals surface area contributed by atoms with Gasteiger partial charge in [0.1, 0.15) is 16.5 Å².